The summed E-state index contributed by atoms with van der Waals surface area (Å²) in [4.78, 5) is 0. The molecule has 1 aliphatic rings. The highest BCUT2D eigenvalue weighted by molar-refractivity contribution is 5.42. The van der Waals surface area contributed by atoms with Crippen LogP contribution in [0.4, 0.5) is 0 Å². The van der Waals surface area contributed by atoms with Crippen LogP contribution in [0.1, 0.15) is 56.2 Å². The topological polar surface area (TPSA) is 20.2 Å². The first-order valence-electron chi connectivity index (χ1n) is 5.64. The fraction of sp³-hybridized carbons (Fsp3) is 0.500. The second-order valence-electron chi connectivity index (χ2n) is 5.50. The Bertz CT molecular complexity index is 356. The first-order chi connectivity index (χ1) is 7.02. The van der Waals surface area contributed by atoms with Crippen LogP contribution in [0.2, 0.25) is 0 Å². The molecule has 0 aliphatic heterocycles. The first kappa shape index (κ1) is 10.7. The van der Waals surface area contributed by atoms with Gasteiger partial charge in [-0.05, 0) is 40.9 Å². The van der Waals surface area contributed by atoms with Gasteiger partial charge in [-0.15, -0.1) is 0 Å². The lowest BCUT2D eigenvalue weighted by atomic mass is 9.82. The van der Waals surface area contributed by atoms with Crippen molar-refractivity contribution < 1.29 is 5.11 Å². The number of aliphatic hydroxyl groups is 1. The Morgan fingerprint density at radius 3 is 2.40 bits per heavy atom. The van der Waals surface area contributed by atoms with Crippen molar-refractivity contribution in [3.8, 4) is 0 Å². The largest absolute Gasteiger partial charge is 0.385 e. The first-order valence-corrected chi connectivity index (χ1v) is 5.64. The van der Waals surface area contributed by atoms with Gasteiger partial charge in [0.2, 0.25) is 0 Å². The van der Waals surface area contributed by atoms with Crippen LogP contribution in [0.15, 0.2) is 18.2 Å². The average molecular weight is 203 g/mol. The lowest BCUT2D eigenvalue weighted by Gasteiger charge is -2.23. The average Bonchev–Trinajstić information content (AvgIpc) is 2.98. The summed E-state index contributed by atoms with van der Waals surface area (Å²) < 4.78 is 0. The molecular formula is C14H19O. The Balaban J connectivity index is 2.45. The van der Waals surface area contributed by atoms with E-state index >= 15 is 0 Å². The summed E-state index contributed by atoms with van der Waals surface area (Å²) in [5, 5.41) is 9.03. The third-order valence-corrected chi connectivity index (χ3v) is 3.05. The second-order valence-corrected chi connectivity index (χ2v) is 5.50. The fourth-order valence-corrected chi connectivity index (χ4v) is 2.08. The van der Waals surface area contributed by atoms with Crippen LogP contribution < -0.4 is 0 Å². The molecule has 0 atom stereocenters. The van der Waals surface area contributed by atoms with E-state index in [4.69, 9.17) is 5.11 Å². The van der Waals surface area contributed by atoms with Gasteiger partial charge in [-0.3, -0.25) is 0 Å². The molecule has 15 heavy (non-hydrogen) atoms. The lowest BCUT2D eigenvalue weighted by Crippen LogP contribution is -2.14. The summed E-state index contributed by atoms with van der Waals surface area (Å²) in [5.74, 6) is 0.735. The van der Waals surface area contributed by atoms with E-state index in [1.165, 1.54) is 30.6 Å². The Labute approximate surface area is 92.1 Å². The Morgan fingerprint density at radius 1 is 1.27 bits per heavy atom. The van der Waals surface area contributed by atoms with E-state index in [-0.39, 0.29) is 5.41 Å². The minimum Gasteiger partial charge on any atom is -0.385 e. The molecule has 0 bridgehead atoms. The molecule has 0 amide bonds. The van der Waals surface area contributed by atoms with Gasteiger partial charge in [-0.25, -0.2) is 0 Å². The van der Waals surface area contributed by atoms with E-state index in [0.29, 0.717) is 0 Å². The van der Waals surface area contributed by atoms with Gasteiger partial charge in [0.25, 0.3) is 0 Å². The maximum absolute atomic E-state index is 9.03. The monoisotopic (exact) mass is 203 g/mol. The summed E-state index contributed by atoms with van der Waals surface area (Å²) in [5.41, 5.74) is 3.98. The van der Waals surface area contributed by atoms with Gasteiger partial charge in [0.1, 0.15) is 6.61 Å². The highest BCUT2D eigenvalue weighted by Gasteiger charge is 2.29. The Hall–Kier alpha value is -0.820. The van der Waals surface area contributed by atoms with E-state index < -0.39 is 0 Å². The molecule has 1 heteroatoms. The van der Waals surface area contributed by atoms with Gasteiger partial charge in [-0.2, -0.15) is 0 Å². The molecule has 1 aliphatic carbocycles. The van der Waals surface area contributed by atoms with E-state index in [0.717, 1.165) is 11.5 Å². The molecule has 1 N–H and O–H groups in total. The van der Waals surface area contributed by atoms with Gasteiger partial charge in [0, 0.05) is 0 Å². The smallest absolute Gasteiger partial charge is 0.109 e. The van der Waals surface area contributed by atoms with Crippen molar-refractivity contribution in [3.05, 3.63) is 41.5 Å². The van der Waals surface area contributed by atoms with Crippen LogP contribution in [0.5, 0.6) is 0 Å². The van der Waals surface area contributed by atoms with Crippen LogP contribution >= 0.6 is 0 Å². The molecule has 2 rings (SSSR count). The summed E-state index contributed by atoms with van der Waals surface area (Å²) in [6, 6.07) is 6.29. The summed E-state index contributed by atoms with van der Waals surface area (Å²) in [7, 11) is 0. The molecule has 1 nitrogen and oxygen atoms in total. The van der Waals surface area contributed by atoms with Crippen molar-refractivity contribution >= 4 is 0 Å². The summed E-state index contributed by atoms with van der Waals surface area (Å²) in [6.45, 7) is 7.93. The molecule has 0 aromatic heterocycles. The third-order valence-electron chi connectivity index (χ3n) is 3.05. The zero-order valence-corrected chi connectivity index (χ0v) is 9.75. The predicted molar refractivity (Wildman–Crippen MR) is 62.5 cm³/mol. The fourth-order valence-electron chi connectivity index (χ4n) is 2.08. The quantitative estimate of drug-likeness (QED) is 0.776. The SMILES string of the molecule is CC(C)(C)c1ccc([CH]O)cc1C1CC1. The van der Waals surface area contributed by atoms with E-state index in [1.807, 2.05) is 6.07 Å². The van der Waals surface area contributed by atoms with Crippen molar-refractivity contribution in [1.29, 1.82) is 0 Å². The maximum atomic E-state index is 9.03. The van der Waals surface area contributed by atoms with Crippen molar-refractivity contribution in [2.75, 3.05) is 0 Å². The molecule has 1 saturated carbocycles. The minimum atomic E-state index is 0.200. The van der Waals surface area contributed by atoms with Crippen molar-refractivity contribution in [2.45, 2.75) is 44.9 Å². The molecule has 1 radical (unpaired) electrons. The third kappa shape index (κ3) is 2.23. The molecule has 0 unspecified atom stereocenters. The van der Waals surface area contributed by atoms with Crippen LogP contribution in [0, 0.1) is 6.61 Å². The highest BCUT2D eigenvalue weighted by atomic mass is 16.3. The maximum Gasteiger partial charge on any atom is 0.109 e. The number of hydrogen-bond acceptors (Lipinski definition) is 1. The van der Waals surface area contributed by atoms with Crippen molar-refractivity contribution in [3.63, 3.8) is 0 Å². The molecule has 1 aromatic carbocycles. The zero-order valence-electron chi connectivity index (χ0n) is 9.75. The van der Waals surface area contributed by atoms with Crippen LogP contribution in [-0.4, -0.2) is 5.11 Å². The van der Waals surface area contributed by atoms with Crippen LogP contribution in [0.3, 0.4) is 0 Å². The molecule has 0 heterocycles. The van der Waals surface area contributed by atoms with E-state index in [2.05, 4.69) is 32.9 Å². The van der Waals surface area contributed by atoms with Crippen LogP contribution in [0.25, 0.3) is 0 Å². The number of hydrogen-bond donors (Lipinski definition) is 1. The summed E-state index contributed by atoms with van der Waals surface area (Å²) >= 11 is 0. The molecule has 81 valence electrons. The Morgan fingerprint density at radius 2 is 1.93 bits per heavy atom. The highest BCUT2D eigenvalue weighted by Crippen LogP contribution is 2.44. The molecule has 0 spiro atoms. The predicted octanol–water partition coefficient (Wildman–Crippen LogP) is 3.74. The number of rotatable bonds is 2. The minimum absolute atomic E-state index is 0.200. The van der Waals surface area contributed by atoms with Crippen molar-refractivity contribution in [1.82, 2.24) is 0 Å². The Kier molecular flexibility index (Phi) is 2.59. The van der Waals surface area contributed by atoms with Gasteiger partial charge in [0.05, 0.1) is 0 Å². The lowest BCUT2D eigenvalue weighted by molar-refractivity contribution is 0.414. The van der Waals surface area contributed by atoms with Gasteiger partial charge >= 0.3 is 0 Å². The number of aliphatic hydroxyl groups excluding tert-OH is 1. The number of benzene rings is 1. The van der Waals surface area contributed by atoms with Crippen LogP contribution in [-0.2, 0) is 5.41 Å². The standard InChI is InChI=1S/C14H19O/c1-14(2,3)13-7-4-10(9-15)8-12(13)11-5-6-11/h4,7-9,11,15H,5-6H2,1-3H3. The zero-order chi connectivity index (χ0) is 11.1. The molecule has 1 fully saturated rings. The summed E-state index contributed by atoms with van der Waals surface area (Å²) in [6.07, 6.45) is 2.61. The van der Waals surface area contributed by atoms with E-state index in [9.17, 15) is 0 Å². The van der Waals surface area contributed by atoms with Gasteiger partial charge in [0.15, 0.2) is 0 Å². The van der Waals surface area contributed by atoms with Gasteiger partial charge < -0.3 is 5.11 Å². The van der Waals surface area contributed by atoms with Gasteiger partial charge in [-0.1, -0.05) is 39.0 Å². The molecule has 0 saturated heterocycles. The molecular weight excluding hydrogens is 184 g/mol. The molecule has 1 aromatic rings. The van der Waals surface area contributed by atoms with Crippen molar-refractivity contribution in [2.24, 2.45) is 0 Å². The van der Waals surface area contributed by atoms with E-state index in [1.54, 1.807) is 0 Å². The second kappa shape index (κ2) is 3.64. The normalized spacial score (nSPS) is 16.8.